The molecule has 0 fully saturated rings. The maximum absolute atomic E-state index is 13.5. The van der Waals surface area contributed by atoms with Crippen LogP contribution in [-0.2, 0) is 19.7 Å². The minimum Gasteiger partial charge on any atom is -0.488 e. The van der Waals surface area contributed by atoms with Crippen molar-refractivity contribution < 1.29 is 9.53 Å². The third kappa shape index (κ3) is 5.59. The maximum atomic E-state index is 13.5. The first kappa shape index (κ1) is 22.4. The van der Waals surface area contributed by atoms with Gasteiger partial charge in [-0.1, -0.05) is 109 Å². The number of carbonyl (C=O) groups excluding carboxylic acids is 1. The SMILES string of the molecule is O=C(c1ccc(COc2cccc3ccccc23)cc1)N(Cc1ccccc1)Cc1ccccc1. The maximum Gasteiger partial charge on any atom is 0.254 e. The molecule has 1 amide bonds. The van der Waals surface area contributed by atoms with Crippen molar-refractivity contribution in [2.45, 2.75) is 19.7 Å². The lowest BCUT2D eigenvalue weighted by Gasteiger charge is -2.23. The number of hydrogen-bond donors (Lipinski definition) is 0. The van der Waals surface area contributed by atoms with Crippen molar-refractivity contribution in [1.29, 1.82) is 0 Å². The Morgan fingerprint density at radius 2 is 1.14 bits per heavy atom. The van der Waals surface area contributed by atoms with Gasteiger partial charge in [-0.2, -0.15) is 0 Å². The van der Waals surface area contributed by atoms with Gasteiger partial charge in [0, 0.05) is 24.0 Å². The zero-order valence-corrected chi connectivity index (χ0v) is 19.5. The van der Waals surface area contributed by atoms with E-state index in [9.17, 15) is 4.79 Å². The lowest BCUT2D eigenvalue weighted by atomic mass is 10.1. The van der Waals surface area contributed by atoms with E-state index in [1.54, 1.807) is 0 Å². The smallest absolute Gasteiger partial charge is 0.254 e. The molecule has 0 aromatic heterocycles. The highest BCUT2D eigenvalue weighted by Crippen LogP contribution is 2.26. The second-order valence-corrected chi connectivity index (χ2v) is 8.60. The number of ether oxygens (including phenoxy) is 1. The molecule has 0 heterocycles. The number of amides is 1. The van der Waals surface area contributed by atoms with Gasteiger partial charge in [-0.3, -0.25) is 4.79 Å². The van der Waals surface area contributed by atoms with Crippen molar-refractivity contribution in [1.82, 2.24) is 4.90 Å². The van der Waals surface area contributed by atoms with Crippen molar-refractivity contribution >= 4 is 16.7 Å². The van der Waals surface area contributed by atoms with Gasteiger partial charge in [-0.15, -0.1) is 0 Å². The van der Waals surface area contributed by atoms with Crippen LogP contribution in [0.3, 0.4) is 0 Å². The number of carbonyl (C=O) groups is 1. The van der Waals surface area contributed by atoms with Gasteiger partial charge in [-0.25, -0.2) is 0 Å². The van der Waals surface area contributed by atoms with Gasteiger partial charge < -0.3 is 9.64 Å². The molecule has 3 nitrogen and oxygen atoms in total. The molecule has 5 aromatic rings. The minimum atomic E-state index is 0.0132. The first-order valence-electron chi connectivity index (χ1n) is 11.8. The molecule has 0 saturated carbocycles. The summed E-state index contributed by atoms with van der Waals surface area (Å²) in [5.41, 5.74) is 3.91. The van der Waals surface area contributed by atoms with Crippen molar-refractivity contribution in [3.63, 3.8) is 0 Å². The Kier molecular flexibility index (Phi) is 6.86. The molecule has 0 bridgehead atoms. The summed E-state index contributed by atoms with van der Waals surface area (Å²) in [7, 11) is 0. The molecule has 0 spiro atoms. The van der Waals surface area contributed by atoms with Crippen LogP contribution in [0.2, 0.25) is 0 Å². The van der Waals surface area contributed by atoms with E-state index in [0.29, 0.717) is 25.3 Å². The number of hydrogen-bond acceptors (Lipinski definition) is 2. The molecule has 0 aliphatic rings. The van der Waals surface area contributed by atoms with Crippen LogP contribution in [0, 0.1) is 0 Å². The highest BCUT2D eigenvalue weighted by Gasteiger charge is 2.17. The van der Waals surface area contributed by atoms with E-state index in [2.05, 4.69) is 42.5 Å². The first-order valence-corrected chi connectivity index (χ1v) is 11.8. The van der Waals surface area contributed by atoms with Crippen LogP contribution in [0.25, 0.3) is 10.8 Å². The molecule has 5 rings (SSSR count). The first-order chi connectivity index (χ1) is 17.3. The fourth-order valence-corrected chi connectivity index (χ4v) is 4.22. The van der Waals surface area contributed by atoms with Crippen LogP contribution < -0.4 is 4.74 Å². The third-order valence-corrected chi connectivity index (χ3v) is 6.06. The Labute approximate surface area is 206 Å². The Morgan fingerprint density at radius 1 is 0.571 bits per heavy atom. The molecule has 0 saturated heterocycles. The molecule has 0 radical (unpaired) electrons. The normalized spacial score (nSPS) is 10.7. The largest absolute Gasteiger partial charge is 0.488 e. The van der Waals surface area contributed by atoms with Crippen LogP contribution in [-0.4, -0.2) is 10.8 Å². The Balaban J connectivity index is 1.30. The van der Waals surface area contributed by atoms with Crippen LogP contribution in [0.15, 0.2) is 127 Å². The van der Waals surface area contributed by atoms with Crippen LogP contribution in [0.4, 0.5) is 0 Å². The monoisotopic (exact) mass is 457 g/mol. The average Bonchev–Trinajstić information content (AvgIpc) is 2.92. The molecule has 3 heteroatoms. The quantitative estimate of drug-likeness (QED) is 0.245. The van der Waals surface area contributed by atoms with E-state index in [4.69, 9.17) is 4.74 Å². The lowest BCUT2D eigenvalue weighted by molar-refractivity contribution is 0.0730. The van der Waals surface area contributed by atoms with Gasteiger partial charge in [0.15, 0.2) is 0 Å². The van der Waals surface area contributed by atoms with Crippen LogP contribution >= 0.6 is 0 Å². The molecule has 0 N–H and O–H groups in total. The summed E-state index contributed by atoms with van der Waals surface area (Å²) in [5.74, 6) is 0.874. The predicted molar refractivity (Wildman–Crippen MR) is 141 cm³/mol. The van der Waals surface area contributed by atoms with Crippen LogP contribution in [0.5, 0.6) is 5.75 Å². The summed E-state index contributed by atoms with van der Waals surface area (Å²) in [5, 5.41) is 2.25. The minimum absolute atomic E-state index is 0.0132. The van der Waals surface area contributed by atoms with E-state index in [0.717, 1.165) is 33.2 Å². The Bertz CT molecular complexity index is 1350. The second kappa shape index (κ2) is 10.7. The number of nitrogens with zero attached hydrogens (tertiary/aromatic N) is 1. The van der Waals surface area contributed by atoms with Crippen molar-refractivity contribution in [3.8, 4) is 5.75 Å². The summed E-state index contributed by atoms with van der Waals surface area (Å²) in [6, 6.07) is 42.2. The van der Waals surface area contributed by atoms with E-state index >= 15 is 0 Å². The molecule has 35 heavy (non-hydrogen) atoms. The van der Waals surface area contributed by atoms with Gasteiger partial charge in [0.05, 0.1) is 0 Å². The van der Waals surface area contributed by atoms with E-state index in [1.165, 1.54) is 0 Å². The van der Waals surface area contributed by atoms with E-state index < -0.39 is 0 Å². The lowest BCUT2D eigenvalue weighted by Crippen LogP contribution is -2.30. The van der Waals surface area contributed by atoms with Crippen molar-refractivity contribution in [2.24, 2.45) is 0 Å². The standard InChI is InChI=1S/C32H27NO2/c34-32(33(22-25-10-3-1-4-11-25)23-26-12-5-2-6-13-26)29-20-18-27(19-21-29)24-35-31-17-9-15-28-14-7-8-16-30(28)31/h1-21H,22-24H2. The molecular weight excluding hydrogens is 430 g/mol. The molecular formula is C32H27NO2. The second-order valence-electron chi connectivity index (χ2n) is 8.60. The van der Waals surface area contributed by atoms with E-state index in [1.807, 2.05) is 89.8 Å². The summed E-state index contributed by atoms with van der Waals surface area (Å²) in [4.78, 5) is 15.4. The van der Waals surface area contributed by atoms with Gasteiger partial charge in [0.25, 0.3) is 5.91 Å². The Morgan fingerprint density at radius 3 is 1.80 bits per heavy atom. The van der Waals surface area contributed by atoms with Crippen molar-refractivity contribution in [3.05, 3.63) is 150 Å². The summed E-state index contributed by atoms with van der Waals surface area (Å²) in [6.45, 7) is 1.56. The molecule has 0 aliphatic heterocycles. The number of benzene rings is 5. The zero-order valence-electron chi connectivity index (χ0n) is 19.5. The molecule has 0 atom stereocenters. The van der Waals surface area contributed by atoms with Crippen molar-refractivity contribution in [2.75, 3.05) is 0 Å². The number of fused-ring (bicyclic) bond motifs is 1. The summed E-state index contributed by atoms with van der Waals surface area (Å²) >= 11 is 0. The molecule has 0 aliphatic carbocycles. The number of rotatable bonds is 8. The molecule has 172 valence electrons. The molecule has 5 aromatic carbocycles. The zero-order chi connectivity index (χ0) is 23.9. The summed E-state index contributed by atoms with van der Waals surface area (Å²) in [6.07, 6.45) is 0. The fourth-order valence-electron chi connectivity index (χ4n) is 4.22. The van der Waals surface area contributed by atoms with Gasteiger partial charge >= 0.3 is 0 Å². The average molecular weight is 458 g/mol. The van der Waals surface area contributed by atoms with Gasteiger partial charge in [0.2, 0.25) is 0 Å². The highest BCUT2D eigenvalue weighted by atomic mass is 16.5. The third-order valence-electron chi connectivity index (χ3n) is 6.06. The van der Waals surface area contributed by atoms with Gasteiger partial charge in [0.1, 0.15) is 12.4 Å². The van der Waals surface area contributed by atoms with Crippen LogP contribution in [0.1, 0.15) is 27.0 Å². The summed E-state index contributed by atoms with van der Waals surface area (Å²) < 4.78 is 6.12. The topological polar surface area (TPSA) is 29.5 Å². The fraction of sp³-hybridized carbons (Fsp3) is 0.0938. The van der Waals surface area contributed by atoms with E-state index in [-0.39, 0.29) is 5.91 Å². The van der Waals surface area contributed by atoms with Gasteiger partial charge in [-0.05, 0) is 40.3 Å². The Hall–Kier alpha value is -4.37. The molecule has 0 unspecified atom stereocenters. The predicted octanol–water partition coefficient (Wildman–Crippen LogP) is 7.26. The highest BCUT2D eigenvalue weighted by molar-refractivity contribution is 5.94.